The normalized spacial score (nSPS) is 10.9. The third kappa shape index (κ3) is 8.02. The molecule has 6 heteroatoms. The highest BCUT2D eigenvalue weighted by molar-refractivity contribution is 9.10. The van der Waals surface area contributed by atoms with Crippen LogP contribution < -0.4 is 14.8 Å². The van der Waals surface area contributed by atoms with E-state index in [0.717, 1.165) is 22.0 Å². The molecule has 0 bridgehead atoms. The molecule has 0 radical (unpaired) electrons. The quantitative estimate of drug-likeness (QED) is 0.511. The Kier molecular flexibility index (Phi) is 10.5. The van der Waals surface area contributed by atoms with E-state index in [4.69, 9.17) is 20.6 Å². The van der Waals surface area contributed by atoms with Crippen molar-refractivity contribution in [3.05, 3.63) is 58.1 Å². The average Bonchev–Trinajstić information content (AvgIpc) is 2.78. The first-order chi connectivity index (χ1) is 15.1. The summed E-state index contributed by atoms with van der Waals surface area (Å²) in [5.41, 5.74) is 1.75. The Labute approximate surface area is 192 Å². The van der Waals surface area contributed by atoms with Crippen LogP contribution in [-0.2, 0) is 16.0 Å². The van der Waals surface area contributed by atoms with Crippen molar-refractivity contribution in [1.29, 1.82) is 0 Å². The minimum Gasteiger partial charge on any atom is -0.493 e. The summed E-state index contributed by atoms with van der Waals surface area (Å²) >= 11 is 3.39. The Hall–Kier alpha value is -2.93. The maximum Gasteiger partial charge on any atom is 0.253 e. The van der Waals surface area contributed by atoms with Gasteiger partial charge in [-0.1, -0.05) is 52.9 Å². The van der Waals surface area contributed by atoms with Crippen LogP contribution in [0.3, 0.4) is 0 Å². The molecule has 2 aromatic carbocycles. The molecule has 162 valence electrons. The van der Waals surface area contributed by atoms with Gasteiger partial charge in [-0.2, -0.15) is 0 Å². The molecule has 0 aliphatic heterocycles. The molecule has 1 N–H and O–H groups in total. The van der Waals surface area contributed by atoms with Gasteiger partial charge in [0, 0.05) is 17.4 Å². The van der Waals surface area contributed by atoms with Gasteiger partial charge >= 0.3 is 0 Å². The van der Waals surface area contributed by atoms with Crippen LogP contribution in [0.4, 0.5) is 0 Å². The van der Waals surface area contributed by atoms with Crippen molar-refractivity contribution in [3.63, 3.8) is 0 Å². The van der Waals surface area contributed by atoms with Crippen molar-refractivity contribution >= 4 is 21.8 Å². The Morgan fingerprint density at radius 3 is 2.58 bits per heavy atom. The Morgan fingerprint density at radius 2 is 1.90 bits per heavy atom. The van der Waals surface area contributed by atoms with E-state index in [1.165, 1.54) is 0 Å². The van der Waals surface area contributed by atoms with Crippen LogP contribution in [0.2, 0.25) is 0 Å². The lowest BCUT2D eigenvalue weighted by Crippen LogP contribution is -2.32. The van der Waals surface area contributed by atoms with E-state index >= 15 is 0 Å². The molecule has 2 aromatic rings. The highest BCUT2D eigenvalue weighted by Gasteiger charge is 2.21. The molecule has 0 heterocycles. The van der Waals surface area contributed by atoms with Crippen molar-refractivity contribution < 1.29 is 19.0 Å². The Bertz CT molecular complexity index is 954. The first kappa shape index (κ1) is 24.3. The molecule has 0 aliphatic carbocycles. The van der Waals surface area contributed by atoms with Gasteiger partial charge in [0.05, 0.1) is 7.11 Å². The van der Waals surface area contributed by atoms with E-state index in [0.29, 0.717) is 31.1 Å². The molecule has 0 unspecified atom stereocenters. The second-order valence-corrected chi connectivity index (χ2v) is 7.38. The predicted molar refractivity (Wildman–Crippen MR) is 125 cm³/mol. The zero-order valence-corrected chi connectivity index (χ0v) is 19.3. The molecule has 0 aromatic heterocycles. The molecule has 0 saturated heterocycles. The second kappa shape index (κ2) is 13.4. The maximum absolute atomic E-state index is 12.7. The van der Waals surface area contributed by atoms with Crippen LogP contribution in [-0.4, -0.2) is 32.8 Å². The van der Waals surface area contributed by atoms with Gasteiger partial charge in [-0.25, -0.2) is 0 Å². The van der Waals surface area contributed by atoms with Crippen molar-refractivity contribution in [2.45, 2.75) is 25.9 Å². The minimum absolute atomic E-state index is 0.0510. The summed E-state index contributed by atoms with van der Waals surface area (Å²) in [7, 11) is 1.59. The largest absolute Gasteiger partial charge is 0.493 e. The summed E-state index contributed by atoms with van der Waals surface area (Å²) in [6.45, 7) is 2.80. The van der Waals surface area contributed by atoms with Gasteiger partial charge < -0.3 is 19.5 Å². The van der Waals surface area contributed by atoms with E-state index in [9.17, 15) is 4.79 Å². The van der Waals surface area contributed by atoms with Crippen LogP contribution >= 0.6 is 15.9 Å². The number of benzene rings is 2. The fourth-order valence-corrected chi connectivity index (χ4v) is 3.06. The number of carbonyl (C=O) groups is 1. The molecule has 0 spiro atoms. The molecule has 5 nitrogen and oxygen atoms in total. The molecule has 0 aliphatic rings. The van der Waals surface area contributed by atoms with Crippen LogP contribution in [0.1, 0.15) is 30.6 Å². The topological polar surface area (TPSA) is 56.8 Å². The summed E-state index contributed by atoms with van der Waals surface area (Å²) in [5, 5.41) is 2.92. The number of hydrogen-bond donors (Lipinski definition) is 1. The van der Waals surface area contributed by atoms with Crippen LogP contribution in [0, 0.1) is 24.2 Å². The molecule has 1 amide bonds. The first-order valence-corrected chi connectivity index (χ1v) is 10.7. The van der Waals surface area contributed by atoms with E-state index in [1.807, 2.05) is 49.4 Å². The summed E-state index contributed by atoms with van der Waals surface area (Å²) in [6, 6.07) is 13.1. The number of rotatable bonds is 10. The fraction of sp³-hybridized carbons (Fsp3) is 0.320. The highest BCUT2D eigenvalue weighted by Crippen LogP contribution is 2.28. The molecule has 1 atom stereocenters. The van der Waals surface area contributed by atoms with Crippen molar-refractivity contribution in [2.24, 2.45) is 0 Å². The summed E-state index contributed by atoms with van der Waals surface area (Å²) in [4.78, 5) is 12.7. The summed E-state index contributed by atoms with van der Waals surface area (Å²) in [5.74, 6) is 9.34. The van der Waals surface area contributed by atoms with Crippen molar-refractivity contribution in [3.8, 4) is 35.7 Å². The highest BCUT2D eigenvalue weighted by atomic mass is 79.9. The number of carbonyl (C=O) groups excluding carboxylic acids is 1. The molecule has 2 rings (SSSR count). The van der Waals surface area contributed by atoms with E-state index < -0.39 is 6.10 Å². The lowest BCUT2D eigenvalue weighted by atomic mass is 10.1. The van der Waals surface area contributed by atoms with Gasteiger partial charge in [-0.3, -0.25) is 4.79 Å². The minimum atomic E-state index is -0.765. The predicted octanol–water partition coefficient (Wildman–Crippen LogP) is 4.30. The van der Waals surface area contributed by atoms with Gasteiger partial charge in [0.15, 0.2) is 17.6 Å². The Morgan fingerprint density at radius 1 is 1.13 bits per heavy atom. The number of amides is 1. The number of halogens is 1. The lowest BCUT2D eigenvalue weighted by Gasteiger charge is -2.17. The third-order valence-corrected chi connectivity index (χ3v) is 4.82. The van der Waals surface area contributed by atoms with Gasteiger partial charge in [0.25, 0.3) is 5.91 Å². The zero-order chi connectivity index (χ0) is 22.5. The smallest absolute Gasteiger partial charge is 0.253 e. The monoisotopic (exact) mass is 483 g/mol. The number of methoxy groups -OCH3 is 1. The fourth-order valence-electron chi connectivity index (χ4n) is 2.79. The van der Waals surface area contributed by atoms with Crippen molar-refractivity contribution in [1.82, 2.24) is 5.32 Å². The standard InChI is InChI=1S/C25H26BrNO4/c1-4-6-7-17-30-22-13-8-19(18-23(22)29-3)14-15-27-25(28)24(31-16-5-2)20-9-11-21(26)12-10-20/h2,8-13,18,24H,4,14-17H2,1,3H3,(H,27,28)/t24-/m0/s1. The molecule has 31 heavy (non-hydrogen) atoms. The first-order valence-electron chi connectivity index (χ1n) is 9.92. The summed E-state index contributed by atoms with van der Waals surface area (Å²) < 4.78 is 17.6. The number of ether oxygens (including phenoxy) is 3. The molecular formula is C25H26BrNO4. The number of nitrogens with one attached hydrogen (secondary N) is 1. The van der Waals surface area contributed by atoms with Gasteiger partial charge in [-0.15, -0.1) is 12.3 Å². The van der Waals surface area contributed by atoms with Crippen molar-refractivity contribution in [2.75, 3.05) is 26.9 Å². The van der Waals surface area contributed by atoms with E-state index in [1.54, 1.807) is 7.11 Å². The zero-order valence-electron chi connectivity index (χ0n) is 17.7. The van der Waals surface area contributed by atoms with Crippen LogP contribution in [0.5, 0.6) is 11.5 Å². The lowest BCUT2D eigenvalue weighted by molar-refractivity contribution is -0.132. The number of hydrogen-bond acceptors (Lipinski definition) is 4. The third-order valence-electron chi connectivity index (χ3n) is 4.29. The Balaban J connectivity index is 1.96. The van der Waals surface area contributed by atoms with Crippen LogP contribution in [0.25, 0.3) is 0 Å². The maximum atomic E-state index is 12.7. The van der Waals surface area contributed by atoms with Gasteiger partial charge in [0.2, 0.25) is 0 Å². The molecule has 0 saturated carbocycles. The van der Waals surface area contributed by atoms with Crippen LogP contribution in [0.15, 0.2) is 46.9 Å². The summed E-state index contributed by atoms with van der Waals surface area (Å²) in [6.07, 6.45) is 5.95. The van der Waals surface area contributed by atoms with E-state index in [-0.39, 0.29) is 12.5 Å². The molecule has 0 fully saturated rings. The second-order valence-electron chi connectivity index (χ2n) is 6.47. The molecular weight excluding hydrogens is 458 g/mol. The van der Waals surface area contributed by atoms with E-state index in [2.05, 4.69) is 39.0 Å². The van der Waals surface area contributed by atoms with Gasteiger partial charge in [-0.05, 0) is 41.8 Å². The van der Waals surface area contributed by atoms with Gasteiger partial charge in [0.1, 0.15) is 13.2 Å². The average molecular weight is 484 g/mol. The SMILES string of the molecule is C#CCO[C@H](C(=O)NCCc1ccc(OCC#CCC)c(OC)c1)c1ccc(Br)cc1. The number of terminal acetylenes is 1.